The Morgan fingerprint density at radius 2 is 2.11 bits per heavy atom. The molecule has 1 heterocycles. The summed E-state index contributed by atoms with van der Waals surface area (Å²) in [5, 5.41) is 0. The lowest BCUT2D eigenvalue weighted by molar-refractivity contribution is -0.144. The number of carbonyl (C=O) groups is 2. The third kappa shape index (κ3) is 2.70. The molecule has 1 aliphatic rings. The molecule has 0 spiro atoms. The molecule has 0 aromatic heterocycles. The summed E-state index contributed by atoms with van der Waals surface area (Å²) in [6, 6.07) is 0. The van der Waals surface area contributed by atoms with Crippen molar-refractivity contribution in [2.75, 3.05) is 7.11 Å². The second-order valence-corrected chi connectivity index (χ2v) is 4.16. The standard InChI is InChI=1S/C14H18O4/c1-5-6-7-8-9-14(3)12(17-4)11(10(2)15)13(16)18-14/h6-9H,5H2,1-4H3. The Balaban J connectivity index is 3.10. The van der Waals surface area contributed by atoms with Crippen molar-refractivity contribution in [3.8, 4) is 0 Å². The average Bonchev–Trinajstić information content (AvgIpc) is 2.56. The second-order valence-electron chi connectivity index (χ2n) is 4.16. The number of Topliss-reactive ketones (excluding diaryl/α,β-unsaturated/α-hetero) is 1. The van der Waals surface area contributed by atoms with Gasteiger partial charge < -0.3 is 9.47 Å². The van der Waals surface area contributed by atoms with Crippen molar-refractivity contribution < 1.29 is 19.1 Å². The first-order chi connectivity index (χ1) is 8.46. The largest absolute Gasteiger partial charge is 0.495 e. The Kier molecular flexibility index (Phi) is 4.48. The predicted molar refractivity (Wildman–Crippen MR) is 67.8 cm³/mol. The summed E-state index contributed by atoms with van der Waals surface area (Å²) < 4.78 is 10.4. The Labute approximate surface area is 107 Å². The molecule has 0 aliphatic carbocycles. The van der Waals surface area contributed by atoms with Crippen LogP contribution in [0.4, 0.5) is 0 Å². The highest BCUT2D eigenvalue weighted by Gasteiger charge is 2.45. The van der Waals surface area contributed by atoms with E-state index in [4.69, 9.17) is 9.47 Å². The molecule has 1 unspecified atom stereocenters. The van der Waals surface area contributed by atoms with Crippen LogP contribution in [0.3, 0.4) is 0 Å². The van der Waals surface area contributed by atoms with E-state index in [-0.39, 0.29) is 17.1 Å². The molecule has 4 nitrogen and oxygen atoms in total. The van der Waals surface area contributed by atoms with E-state index >= 15 is 0 Å². The van der Waals surface area contributed by atoms with Crippen molar-refractivity contribution >= 4 is 11.8 Å². The first-order valence-electron chi connectivity index (χ1n) is 5.83. The summed E-state index contributed by atoms with van der Waals surface area (Å²) in [6.45, 7) is 5.04. The topological polar surface area (TPSA) is 52.6 Å². The molecule has 0 aromatic rings. The van der Waals surface area contributed by atoms with Crippen LogP contribution in [-0.4, -0.2) is 24.5 Å². The molecule has 18 heavy (non-hydrogen) atoms. The summed E-state index contributed by atoms with van der Waals surface area (Å²) >= 11 is 0. The number of cyclic esters (lactones) is 1. The first-order valence-corrected chi connectivity index (χ1v) is 5.83. The number of methoxy groups -OCH3 is 1. The number of esters is 1. The average molecular weight is 250 g/mol. The Bertz CT molecular complexity index is 443. The van der Waals surface area contributed by atoms with E-state index in [1.165, 1.54) is 14.0 Å². The molecule has 0 fully saturated rings. The van der Waals surface area contributed by atoms with Crippen LogP contribution in [0.5, 0.6) is 0 Å². The van der Waals surface area contributed by atoms with Crippen molar-refractivity contribution in [2.24, 2.45) is 0 Å². The Hall–Kier alpha value is -1.84. The molecule has 1 rings (SSSR count). The fourth-order valence-electron chi connectivity index (χ4n) is 1.80. The smallest absolute Gasteiger partial charge is 0.346 e. The van der Waals surface area contributed by atoms with Gasteiger partial charge in [-0.2, -0.15) is 0 Å². The van der Waals surface area contributed by atoms with Gasteiger partial charge in [-0.25, -0.2) is 4.79 Å². The van der Waals surface area contributed by atoms with Gasteiger partial charge in [-0.05, 0) is 26.3 Å². The van der Waals surface area contributed by atoms with Gasteiger partial charge in [0, 0.05) is 0 Å². The minimum Gasteiger partial charge on any atom is -0.495 e. The van der Waals surface area contributed by atoms with E-state index in [0.717, 1.165) is 6.42 Å². The highest BCUT2D eigenvalue weighted by molar-refractivity contribution is 6.18. The molecule has 0 saturated carbocycles. The number of ether oxygens (including phenoxy) is 2. The summed E-state index contributed by atoms with van der Waals surface area (Å²) in [6.07, 6.45) is 8.23. The summed E-state index contributed by atoms with van der Waals surface area (Å²) in [7, 11) is 1.42. The highest BCUT2D eigenvalue weighted by Crippen LogP contribution is 2.34. The lowest BCUT2D eigenvalue weighted by Crippen LogP contribution is -2.25. The van der Waals surface area contributed by atoms with Gasteiger partial charge in [0.2, 0.25) is 0 Å². The Morgan fingerprint density at radius 3 is 2.61 bits per heavy atom. The van der Waals surface area contributed by atoms with E-state index in [2.05, 4.69) is 0 Å². The molecule has 1 atom stereocenters. The number of ketones is 1. The number of carbonyl (C=O) groups excluding carboxylic acids is 2. The summed E-state index contributed by atoms with van der Waals surface area (Å²) in [5.41, 5.74) is -1.02. The van der Waals surface area contributed by atoms with Crippen LogP contribution < -0.4 is 0 Å². The minimum absolute atomic E-state index is 0.0101. The van der Waals surface area contributed by atoms with Crippen LogP contribution in [-0.2, 0) is 19.1 Å². The van der Waals surface area contributed by atoms with Gasteiger partial charge in [-0.1, -0.05) is 25.2 Å². The number of allylic oxidation sites excluding steroid dienone is 3. The molecule has 0 radical (unpaired) electrons. The van der Waals surface area contributed by atoms with Gasteiger partial charge in [0.25, 0.3) is 0 Å². The van der Waals surface area contributed by atoms with Gasteiger partial charge >= 0.3 is 5.97 Å². The molecule has 4 heteroatoms. The van der Waals surface area contributed by atoms with Crippen LogP contribution in [0.2, 0.25) is 0 Å². The fraction of sp³-hybridized carbons (Fsp3) is 0.429. The van der Waals surface area contributed by atoms with Gasteiger partial charge in [0.05, 0.1) is 7.11 Å². The maximum absolute atomic E-state index is 11.7. The molecule has 1 aliphatic heterocycles. The molecule has 0 amide bonds. The van der Waals surface area contributed by atoms with E-state index in [1.807, 2.05) is 19.1 Å². The maximum Gasteiger partial charge on any atom is 0.346 e. The second kappa shape index (κ2) is 5.67. The van der Waals surface area contributed by atoms with Crippen molar-refractivity contribution in [1.29, 1.82) is 0 Å². The third-order valence-corrected chi connectivity index (χ3v) is 2.64. The van der Waals surface area contributed by atoms with Crippen LogP contribution in [0.25, 0.3) is 0 Å². The lowest BCUT2D eigenvalue weighted by atomic mass is 10.0. The van der Waals surface area contributed by atoms with Gasteiger partial charge in [0.1, 0.15) is 5.57 Å². The molecule has 0 bridgehead atoms. The van der Waals surface area contributed by atoms with Crippen LogP contribution in [0.1, 0.15) is 27.2 Å². The predicted octanol–water partition coefficient (Wildman–Crippen LogP) is 2.31. The zero-order valence-electron chi connectivity index (χ0n) is 11.1. The van der Waals surface area contributed by atoms with Crippen LogP contribution in [0.15, 0.2) is 35.6 Å². The normalized spacial score (nSPS) is 24.1. The summed E-state index contributed by atoms with van der Waals surface area (Å²) in [4.78, 5) is 23.1. The fourth-order valence-corrected chi connectivity index (χ4v) is 1.80. The molecule has 98 valence electrons. The van der Waals surface area contributed by atoms with Gasteiger partial charge in [0.15, 0.2) is 17.1 Å². The molecule has 0 aromatic carbocycles. The lowest BCUT2D eigenvalue weighted by Gasteiger charge is -2.21. The van der Waals surface area contributed by atoms with Crippen molar-refractivity contribution in [3.63, 3.8) is 0 Å². The van der Waals surface area contributed by atoms with Crippen LogP contribution in [0, 0.1) is 0 Å². The number of rotatable bonds is 5. The van der Waals surface area contributed by atoms with E-state index in [1.54, 1.807) is 19.1 Å². The van der Waals surface area contributed by atoms with Gasteiger partial charge in [-0.15, -0.1) is 0 Å². The number of hydrogen-bond donors (Lipinski definition) is 0. The van der Waals surface area contributed by atoms with Crippen molar-refractivity contribution in [2.45, 2.75) is 32.8 Å². The third-order valence-electron chi connectivity index (χ3n) is 2.64. The SMILES string of the molecule is CCC=CC=CC1(C)OC(=O)C(C(C)=O)=C1OC. The zero-order chi connectivity index (χ0) is 13.8. The molecule has 0 N–H and O–H groups in total. The van der Waals surface area contributed by atoms with Crippen molar-refractivity contribution in [1.82, 2.24) is 0 Å². The van der Waals surface area contributed by atoms with E-state index < -0.39 is 11.6 Å². The zero-order valence-corrected chi connectivity index (χ0v) is 11.1. The van der Waals surface area contributed by atoms with Crippen LogP contribution >= 0.6 is 0 Å². The quantitative estimate of drug-likeness (QED) is 0.427. The van der Waals surface area contributed by atoms with E-state index in [9.17, 15) is 9.59 Å². The highest BCUT2D eigenvalue weighted by atomic mass is 16.6. The summed E-state index contributed by atoms with van der Waals surface area (Å²) in [5.74, 6) is -0.717. The molecular weight excluding hydrogens is 232 g/mol. The maximum atomic E-state index is 11.7. The molecule has 0 saturated heterocycles. The van der Waals surface area contributed by atoms with Gasteiger partial charge in [-0.3, -0.25) is 4.79 Å². The molecular formula is C14H18O4. The minimum atomic E-state index is -1.01. The first kappa shape index (κ1) is 14.2. The number of hydrogen-bond acceptors (Lipinski definition) is 4. The van der Waals surface area contributed by atoms with Crippen molar-refractivity contribution in [3.05, 3.63) is 35.6 Å². The van der Waals surface area contributed by atoms with E-state index in [0.29, 0.717) is 0 Å². The Morgan fingerprint density at radius 1 is 1.44 bits per heavy atom. The monoisotopic (exact) mass is 250 g/mol.